The molecule has 1 fully saturated rings. The molecule has 0 spiro atoms. The lowest BCUT2D eigenvalue weighted by molar-refractivity contribution is -0.191. The van der Waals surface area contributed by atoms with Crippen LogP contribution in [0.4, 0.5) is 19.0 Å². The van der Waals surface area contributed by atoms with Crippen LogP contribution in [-0.2, 0) is 9.47 Å². The van der Waals surface area contributed by atoms with Crippen LogP contribution in [0.25, 0.3) is 22.2 Å². The molecule has 192 valence electrons. The van der Waals surface area contributed by atoms with E-state index in [-0.39, 0.29) is 41.5 Å². The third-order valence-electron chi connectivity index (χ3n) is 6.28. The summed E-state index contributed by atoms with van der Waals surface area (Å²) in [7, 11) is 2.55. The summed E-state index contributed by atoms with van der Waals surface area (Å²) in [6.45, 7) is 2.75. The minimum atomic E-state index is -4.48. The largest absolute Gasteiger partial charge is 0.491 e. The van der Waals surface area contributed by atoms with Crippen molar-refractivity contribution in [3.05, 3.63) is 51.8 Å². The highest BCUT2D eigenvalue weighted by molar-refractivity contribution is 6.00. The predicted molar refractivity (Wildman–Crippen MR) is 128 cm³/mol. The number of carbonyl (C=O) groups excluding carboxylic acids is 1. The van der Waals surface area contributed by atoms with Crippen LogP contribution in [-0.4, -0.2) is 62.1 Å². The Balaban J connectivity index is 2.00. The molecule has 3 heterocycles. The minimum absolute atomic E-state index is 0.0195. The average Bonchev–Trinajstić information content (AvgIpc) is 3.28. The number of H-pyrrole nitrogens is 1. The fourth-order valence-corrected chi connectivity index (χ4v) is 4.58. The average molecular weight is 505 g/mol. The van der Waals surface area contributed by atoms with Crippen molar-refractivity contribution in [2.75, 3.05) is 38.8 Å². The number of carbonyl (C=O) groups is 1. The van der Waals surface area contributed by atoms with Crippen LogP contribution in [0, 0.1) is 12.8 Å². The van der Waals surface area contributed by atoms with Crippen LogP contribution in [0.15, 0.2) is 35.1 Å². The highest BCUT2D eigenvalue weighted by atomic mass is 19.4. The maximum Gasteiger partial charge on any atom is 0.396 e. The molecule has 0 radical (unpaired) electrons. The summed E-state index contributed by atoms with van der Waals surface area (Å²) in [5.41, 5.74) is 0.268. The summed E-state index contributed by atoms with van der Waals surface area (Å²) >= 11 is 0. The van der Waals surface area contributed by atoms with Gasteiger partial charge in [-0.15, -0.1) is 0 Å². The molecule has 0 aliphatic carbocycles. The van der Waals surface area contributed by atoms with Crippen molar-refractivity contribution >= 4 is 22.7 Å². The molecule has 1 aliphatic heterocycles. The van der Waals surface area contributed by atoms with E-state index in [1.165, 1.54) is 19.1 Å². The Kier molecular flexibility index (Phi) is 6.94. The second kappa shape index (κ2) is 9.81. The molecule has 1 aromatic carbocycles. The number of halogens is 3. The lowest BCUT2D eigenvalue weighted by atomic mass is 10.0. The molecular formula is C25H26F3N3O5. The molecule has 1 N–H and O–H groups in total. The quantitative estimate of drug-likeness (QED) is 0.504. The van der Waals surface area contributed by atoms with Gasteiger partial charge in [-0.25, -0.2) is 9.78 Å². The summed E-state index contributed by atoms with van der Waals surface area (Å²) in [6, 6.07) is 8.78. The van der Waals surface area contributed by atoms with Gasteiger partial charge in [-0.1, -0.05) is 18.2 Å². The fourth-order valence-electron chi connectivity index (χ4n) is 4.58. The minimum Gasteiger partial charge on any atom is -0.491 e. The molecule has 36 heavy (non-hydrogen) atoms. The van der Waals surface area contributed by atoms with Crippen LogP contribution in [0.1, 0.15) is 23.0 Å². The van der Waals surface area contributed by atoms with Gasteiger partial charge in [0.25, 0.3) is 0 Å². The number of aromatic amines is 1. The molecule has 3 aromatic rings. The summed E-state index contributed by atoms with van der Waals surface area (Å²) in [5, 5.41) is 0.676. The van der Waals surface area contributed by atoms with Gasteiger partial charge in [-0.05, 0) is 26.0 Å². The number of ether oxygens (including phenoxy) is 3. The van der Waals surface area contributed by atoms with Gasteiger partial charge in [0.2, 0.25) is 5.43 Å². The number of alkyl halides is 3. The summed E-state index contributed by atoms with van der Waals surface area (Å²) in [4.78, 5) is 35.4. The standard InChI is InChI=1S/C25H26F3N3O5/c1-5-36-24(33)19-20(29-13(2)22(35-4)21(19)32)15-10-14-8-6-7-9-17(14)30-23(15)31-11-16(25(26,27)28)18(12-31)34-3/h6-10,16,18H,5,11-12H2,1-4H3,(H,29,32)/t16-,18+/m1/s1. The summed E-state index contributed by atoms with van der Waals surface area (Å²) in [6.07, 6.45) is -5.58. The zero-order chi connectivity index (χ0) is 26.2. The summed E-state index contributed by atoms with van der Waals surface area (Å²) in [5.74, 6) is -2.48. The zero-order valence-corrected chi connectivity index (χ0v) is 20.2. The number of fused-ring (bicyclic) bond motifs is 1. The molecule has 1 saturated heterocycles. The van der Waals surface area contributed by atoms with Crippen molar-refractivity contribution in [3.8, 4) is 17.0 Å². The number of esters is 1. The zero-order valence-electron chi connectivity index (χ0n) is 20.2. The van der Waals surface area contributed by atoms with Crippen LogP contribution < -0.4 is 15.1 Å². The third-order valence-corrected chi connectivity index (χ3v) is 6.28. The van der Waals surface area contributed by atoms with Gasteiger partial charge in [0.05, 0.1) is 36.7 Å². The van der Waals surface area contributed by atoms with Gasteiger partial charge in [-0.3, -0.25) is 4.79 Å². The molecule has 2 aromatic heterocycles. The topological polar surface area (TPSA) is 93.8 Å². The van der Waals surface area contributed by atoms with Crippen molar-refractivity contribution in [1.29, 1.82) is 0 Å². The first-order valence-electron chi connectivity index (χ1n) is 11.3. The van der Waals surface area contributed by atoms with Crippen LogP contribution in [0.2, 0.25) is 0 Å². The molecule has 0 unspecified atom stereocenters. The Hall–Kier alpha value is -3.60. The van der Waals surface area contributed by atoms with Crippen LogP contribution >= 0.6 is 0 Å². The van der Waals surface area contributed by atoms with Gasteiger partial charge in [0.15, 0.2) is 5.75 Å². The number of aromatic nitrogens is 2. The van der Waals surface area contributed by atoms with Crippen LogP contribution in [0.3, 0.4) is 0 Å². The van der Waals surface area contributed by atoms with Crippen molar-refractivity contribution in [2.24, 2.45) is 5.92 Å². The third kappa shape index (κ3) is 4.50. The Labute approximate surface area is 205 Å². The molecular weight excluding hydrogens is 479 g/mol. The normalized spacial score (nSPS) is 18.0. The van der Waals surface area contributed by atoms with Crippen molar-refractivity contribution in [3.63, 3.8) is 0 Å². The van der Waals surface area contributed by atoms with E-state index in [1.807, 2.05) is 0 Å². The fraction of sp³-hybridized carbons (Fsp3) is 0.400. The molecule has 4 rings (SSSR count). The van der Waals surface area contributed by atoms with E-state index in [0.29, 0.717) is 16.6 Å². The van der Waals surface area contributed by atoms with Gasteiger partial charge in [0, 0.05) is 31.1 Å². The predicted octanol–water partition coefficient (Wildman–Crippen LogP) is 4.10. The SMILES string of the molecule is CCOC(=O)c1c(-c2cc3ccccc3nc2N2C[C@H](OC)[C@H](C(F)(F)F)C2)[nH]c(C)c(OC)c1=O. The van der Waals surface area contributed by atoms with Crippen LogP contribution in [0.5, 0.6) is 5.75 Å². The first-order valence-corrected chi connectivity index (χ1v) is 11.3. The van der Waals surface area contributed by atoms with Gasteiger partial charge < -0.3 is 24.1 Å². The molecule has 2 atom stereocenters. The first-order chi connectivity index (χ1) is 17.1. The van der Waals surface area contributed by atoms with E-state index >= 15 is 0 Å². The Bertz CT molecular complexity index is 1360. The number of hydrogen-bond donors (Lipinski definition) is 1. The highest BCUT2D eigenvalue weighted by Crippen LogP contribution is 2.40. The number of pyridine rings is 2. The first kappa shape index (κ1) is 25.5. The van der Waals surface area contributed by atoms with E-state index in [1.54, 1.807) is 44.2 Å². The number of hydrogen-bond acceptors (Lipinski definition) is 7. The Morgan fingerprint density at radius 1 is 1.22 bits per heavy atom. The number of nitrogens with one attached hydrogen (secondary N) is 1. The number of anilines is 1. The lowest BCUT2D eigenvalue weighted by Gasteiger charge is -2.23. The van der Waals surface area contributed by atoms with Crippen molar-refractivity contribution in [2.45, 2.75) is 26.1 Å². The van der Waals surface area contributed by atoms with Gasteiger partial charge >= 0.3 is 12.1 Å². The molecule has 0 bridgehead atoms. The number of methoxy groups -OCH3 is 2. The number of aryl methyl sites for hydroxylation is 1. The van der Waals surface area contributed by atoms with E-state index in [0.717, 1.165) is 0 Å². The maximum atomic E-state index is 13.8. The molecule has 8 nitrogen and oxygen atoms in total. The summed E-state index contributed by atoms with van der Waals surface area (Å²) < 4.78 is 56.8. The van der Waals surface area contributed by atoms with E-state index < -0.39 is 36.1 Å². The maximum absolute atomic E-state index is 13.8. The molecule has 11 heteroatoms. The number of rotatable bonds is 6. The van der Waals surface area contributed by atoms with Crippen molar-refractivity contribution in [1.82, 2.24) is 9.97 Å². The number of para-hydroxylation sites is 1. The molecule has 0 amide bonds. The van der Waals surface area contributed by atoms with Crippen molar-refractivity contribution < 1.29 is 32.2 Å². The lowest BCUT2D eigenvalue weighted by Crippen LogP contribution is -2.34. The van der Waals surface area contributed by atoms with E-state index in [4.69, 9.17) is 14.2 Å². The van der Waals surface area contributed by atoms with Gasteiger partial charge in [-0.2, -0.15) is 13.2 Å². The highest BCUT2D eigenvalue weighted by Gasteiger charge is 2.50. The molecule has 1 aliphatic rings. The van der Waals surface area contributed by atoms with E-state index in [9.17, 15) is 22.8 Å². The second-order valence-electron chi connectivity index (χ2n) is 8.46. The molecule has 0 saturated carbocycles. The Morgan fingerprint density at radius 2 is 1.94 bits per heavy atom. The van der Waals surface area contributed by atoms with Gasteiger partial charge in [0.1, 0.15) is 17.3 Å². The monoisotopic (exact) mass is 505 g/mol. The Morgan fingerprint density at radius 3 is 2.56 bits per heavy atom. The smallest absolute Gasteiger partial charge is 0.396 e. The van der Waals surface area contributed by atoms with E-state index in [2.05, 4.69) is 9.97 Å². The second-order valence-corrected chi connectivity index (χ2v) is 8.46. The number of benzene rings is 1. The number of nitrogens with zero attached hydrogens (tertiary/aromatic N) is 2.